The van der Waals surface area contributed by atoms with Crippen LogP contribution >= 0.6 is 0 Å². The SMILES string of the molecule is CC1(C)c2ccccc2-c2ccc(N(c3ccc4ccccc4c3)c3ccc4oc5ccccc5c4c3-c3ccc(-c4ccccc4)cc3)cc21. The molecule has 0 bridgehead atoms. The van der Waals surface area contributed by atoms with Gasteiger partial charge in [-0.1, -0.05) is 147 Å². The molecule has 9 aromatic rings. The van der Waals surface area contributed by atoms with Gasteiger partial charge in [-0.3, -0.25) is 0 Å². The molecule has 0 unspecified atom stereocenters. The van der Waals surface area contributed by atoms with Gasteiger partial charge in [0.25, 0.3) is 0 Å². The quantitative estimate of drug-likeness (QED) is 0.184. The molecule has 2 nitrogen and oxygen atoms in total. The number of benzene rings is 8. The molecular formula is C49H35NO. The minimum absolute atomic E-state index is 0.127. The van der Waals surface area contributed by atoms with Gasteiger partial charge in [-0.2, -0.15) is 0 Å². The highest BCUT2D eigenvalue weighted by Crippen LogP contribution is 2.52. The number of hydrogen-bond acceptors (Lipinski definition) is 2. The zero-order chi connectivity index (χ0) is 34.1. The Balaban J connectivity index is 1.26. The van der Waals surface area contributed by atoms with Crippen molar-refractivity contribution in [2.45, 2.75) is 19.3 Å². The summed E-state index contributed by atoms with van der Waals surface area (Å²) in [5.41, 5.74) is 15.0. The molecule has 0 atom stereocenters. The van der Waals surface area contributed by atoms with Gasteiger partial charge in [0.1, 0.15) is 11.2 Å². The predicted molar refractivity (Wildman–Crippen MR) is 214 cm³/mol. The topological polar surface area (TPSA) is 16.4 Å². The first-order chi connectivity index (χ1) is 25.0. The normalized spacial score (nSPS) is 13.1. The van der Waals surface area contributed by atoms with Gasteiger partial charge in [-0.05, 0) is 92.2 Å². The van der Waals surface area contributed by atoms with Crippen LogP contribution in [0, 0.1) is 0 Å². The van der Waals surface area contributed by atoms with Gasteiger partial charge in [0, 0.05) is 33.1 Å². The highest BCUT2D eigenvalue weighted by Gasteiger charge is 2.36. The number of hydrogen-bond donors (Lipinski definition) is 0. The Hall–Kier alpha value is -6.38. The van der Waals surface area contributed by atoms with Crippen molar-refractivity contribution in [2.24, 2.45) is 0 Å². The van der Waals surface area contributed by atoms with Crippen LogP contribution in [-0.2, 0) is 5.41 Å². The molecule has 242 valence electrons. The van der Waals surface area contributed by atoms with E-state index >= 15 is 0 Å². The summed E-state index contributed by atoms with van der Waals surface area (Å²) in [7, 11) is 0. The smallest absolute Gasteiger partial charge is 0.136 e. The predicted octanol–water partition coefficient (Wildman–Crippen LogP) is 13.8. The molecule has 0 spiro atoms. The lowest BCUT2D eigenvalue weighted by molar-refractivity contribution is 0.660. The standard InChI is InChI=1S/C49H35NO/c1-49(2)42-18-10-8-16-39(42)40-27-26-38(31-43(40)49)50(37-25-24-33-14-6-7-15-36(33)30-37)44-28-29-46-48(41-17-9-11-19-45(41)51-46)47(44)35-22-20-34(21-23-35)32-12-4-3-5-13-32/h3-31H,1-2H3. The number of nitrogens with zero attached hydrogens (tertiary/aromatic N) is 1. The van der Waals surface area contributed by atoms with Crippen LogP contribution in [0.3, 0.4) is 0 Å². The van der Waals surface area contributed by atoms with E-state index in [1.54, 1.807) is 0 Å². The van der Waals surface area contributed by atoms with Gasteiger partial charge in [0.15, 0.2) is 0 Å². The van der Waals surface area contributed by atoms with Crippen molar-refractivity contribution in [2.75, 3.05) is 4.90 Å². The molecular weight excluding hydrogens is 619 g/mol. The maximum atomic E-state index is 6.52. The molecule has 2 heteroatoms. The third-order valence-corrected chi connectivity index (χ3v) is 10.9. The summed E-state index contributed by atoms with van der Waals surface area (Å²) in [6, 6.07) is 63.7. The Morgan fingerprint density at radius 3 is 1.96 bits per heavy atom. The summed E-state index contributed by atoms with van der Waals surface area (Å²) >= 11 is 0. The number of anilines is 3. The van der Waals surface area contributed by atoms with E-state index in [0.717, 1.165) is 50.1 Å². The number of fused-ring (bicyclic) bond motifs is 7. The lowest BCUT2D eigenvalue weighted by atomic mass is 9.82. The fourth-order valence-corrected chi connectivity index (χ4v) is 8.32. The zero-order valence-electron chi connectivity index (χ0n) is 28.6. The summed E-state index contributed by atoms with van der Waals surface area (Å²) in [6.45, 7) is 4.70. The molecule has 0 saturated carbocycles. The molecule has 1 aromatic heterocycles. The van der Waals surface area contributed by atoms with Crippen molar-refractivity contribution >= 4 is 49.8 Å². The van der Waals surface area contributed by atoms with Crippen molar-refractivity contribution in [3.05, 3.63) is 187 Å². The van der Waals surface area contributed by atoms with Crippen LogP contribution in [0.25, 0.3) is 66.1 Å². The first-order valence-electron chi connectivity index (χ1n) is 17.7. The molecule has 0 fully saturated rings. The largest absolute Gasteiger partial charge is 0.456 e. The Morgan fingerprint density at radius 2 is 1.10 bits per heavy atom. The van der Waals surface area contributed by atoms with Gasteiger partial charge in [0.2, 0.25) is 0 Å². The fourth-order valence-electron chi connectivity index (χ4n) is 8.32. The van der Waals surface area contributed by atoms with Crippen molar-refractivity contribution < 1.29 is 4.42 Å². The molecule has 1 heterocycles. The molecule has 0 radical (unpaired) electrons. The van der Waals surface area contributed by atoms with Crippen LogP contribution < -0.4 is 4.90 Å². The fraction of sp³-hybridized carbons (Fsp3) is 0.0612. The van der Waals surface area contributed by atoms with Crippen molar-refractivity contribution in [1.82, 2.24) is 0 Å². The van der Waals surface area contributed by atoms with E-state index < -0.39 is 0 Å². The molecule has 1 aliphatic carbocycles. The summed E-state index contributed by atoms with van der Waals surface area (Å²) in [5, 5.41) is 4.66. The van der Waals surface area contributed by atoms with Gasteiger partial charge < -0.3 is 9.32 Å². The van der Waals surface area contributed by atoms with E-state index in [9.17, 15) is 0 Å². The van der Waals surface area contributed by atoms with Crippen molar-refractivity contribution in [3.8, 4) is 33.4 Å². The van der Waals surface area contributed by atoms with Gasteiger partial charge in [-0.25, -0.2) is 0 Å². The Bertz CT molecular complexity index is 2770. The monoisotopic (exact) mass is 653 g/mol. The molecule has 0 amide bonds. The Labute approximate surface area is 297 Å². The van der Waals surface area contributed by atoms with Crippen LogP contribution in [0.4, 0.5) is 17.1 Å². The first-order valence-corrected chi connectivity index (χ1v) is 17.7. The third-order valence-electron chi connectivity index (χ3n) is 10.9. The van der Waals surface area contributed by atoms with E-state index in [1.807, 2.05) is 6.07 Å². The van der Waals surface area contributed by atoms with Crippen LogP contribution in [0.1, 0.15) is 25.0 Å². The third kappa shape index (κ3) is 4.64. The Kier molecular flexibility index (Phi) is 6.56. The summed E-state index contributed by atoms with van der Waals surface area (Å²) in [4.78, 5) is 2.45. The molecule has 0 N–H and O–H groups in total. The van der Waals surface area contributed by atoms with Crippen LogP contribution in [0.15, 0.2) is 180 Å². The van der Waals surface area contributed by atoms with Crippen molar-refractivity contribution in [3.63, 3.8) is 0 Å². The van der Waals surface area contributed by atoms with Crippen LogP contribution in [0.5, 0.6) is 0 Å². The number of rotatable bonds is 5. The average Bonchev–Trinajstić information content (AvgIpc) is 3.67. The molecule has 8 aromatic carbocycles. The van der Waals surface area contributed by atoms with E-state index in [-0.39, 0.29) is 5.41 Å². The maximum Gasteiger partial charge on any atom is 0.136 e. The molecule has 0 aliphatic heterocycles. The molecule has 10 rings (SSSR count). The van der Waals surface area contributed by atoms with E-state index in [4.69, 9.17) is 4.42 Å². The lowest BCUT2D eigenvalue weighted by Gasteiger charge is -2.30. The van der Waals surface area contributed by atoms with Crippen LogP contribution in [-0.4, -0.2) is 0 Å². The second-order valence-electron chi connectivity index (χ2n) is 14.1. The molecule has 0 saturated heterocycles. The van der Waals surface area contributed by atoms with E-state index in [1.165, 1.54) is 44.2 Å². The lowest BCUT2D eigenvalue weighted by Crippen LogP contribution is -2.17. The first kappa shape index (κ1) is 29.5. The minimum atomic E-state index is -0.127. The average molecular weight is 654 g/mol. The molecule has 51 heavy (non-hydrogen) atoms. The van der Waals surface area contributed by atoms with E-state index in [0.29, 0.717) is 0 Å². The van der Waals surface area contributed by atoms with Crippen molar-refractivity contribution in [1.29, 1.82) is 0 Å². The van der Waals surface area contributed by atoms with Gasteiger partial charge in [0.05, 0.1) is 5.69 Å². The zero-order valence-corrected chi connectivity index (χ0v) is 28.6. The molecule has 1 aliphatic rings. The highest BCUT2D eigenvalue weighted by molar-refractivity contribution is 6.16. The Morgan fingerprint density at radius 1 is 0.451 bits per heavy atom. The summed E-state index contributed by atoms with van der Waals surface area (Å²) < 4.78 is 6.52. The minimum Gasteiger partial charge on any atom is -0.456 e. The second-order valence-corrected chi connectivity index (χ2v) is 14.1. The van der Waals surface area contributed by atoms with Gasteiger partial charge in [-0.15, -0.1) is 0 Å². The summed E-state index contributed by atoms with van der Waals surface area (Å²) in [5.74, 6) is 0. The van der Waals surface area contributed by atoms with Gasteiger partial charge >= 0.3 is 0 Å². The number of para-hydroxylation sites is 1. The summed E-state index contributed by atoms with van der Waals surface area (Å²) in [6.07, 6.45) is 0. The number of furan rings is 1. The van der Waals surface area contributed by atoms with E-state index in [2.05, 4.69) is 189 Å². The highest BCUT2D eigenvalue weighted by atomic mass is 16.3. The van der Waals surface area contributed by atoms with Crippen LogP contribution in [0.2, 0.25) is 0 Å². The second kappa shape index (κ2) is 11.3. The maximum absolute atomic E-state index is 6.52.